The summed E-state index contributed by atoms with van der Waals surface area (Å²) in [5.74, 6) is 0. The van der Waals surface area contributed by atoms with Crippen molar-refractivity contribution in [3.05, 3.63) is 0 Å². The van der Waals surface area contributed by atoms with Crippen LogP contribution in [0.4, 0.5) is 0 Å². The summed E-state index contributed by atoms with van der Waals surface area (Å²) < 4.78 is 26.4. The molecular weight excluding hydrogens is 415 g/mol. The van der Waals surface area contributed by atoms with Gasteiger partial charge in [-0.3, -0.25) is 4.52 Å². The Kier molecular flexibility index (Phi) is 21.9. The first-order valence-corrected chi connectivity index (χ1v) is 14.3. The summed E-state index contributed by atoms with van der Waals surface area (Å²) in [5, 5.41) is 0. The topological polar surface area (TPSA) is 85.2 Å². The number of rotatable bonds is 24. The summed E-state index contributed by atoms with van der Waals surface area (Å²) in [4.78, 5) is 17.5. The molecule has 2 unspecified atom stereocenters. The van der Waals surface area contributed by atoms with Crippen molar-refractivity contribution < 1.29 is 28.3 Å². The number of unbranched alkanes of at least 4 members (excludes halogenated alkanes) is 15. The van der Waals surface area contributed by atoms with Crippen LogP contribution in [0.25, 0.3) is 0 Å². The highest BCUT2D eigenvalue weighted by molar-refractivity contribution is 7.46. The van der Waals surface area contributed by atoms with E-state index in [9.17, 15) is 4.57 Å². The molecule has 0 fully saturated rings. The lowest BCUT2D eigenvalue weighted by Crippen LogP contribution is -2.23. The molecule has 2 atom stereocenters. The van der Waals surface area contributed by atoms with Crippen molar-refractivity contribution in [3.8, 4) is 0 Å². The molecule has 0 heterocycles. The van der Waals surface area contributed by atoms with Gasteiger partial charge in [-0.1, -0.05) is 103 Å². The summed E-state index contributed by atoms with van der Waals surface area (Å²) in [6, 6.07) is 0. The van der Waals surface area contributed by atoms with Crippen LogP contribution in [0.1, 0.15) is 124 Å². The molecule has 0 aromatic rings. The molecule has 31 heavy (non-hydrogen) atoms. The molecule has 0 aliphatic heterocycles. The Labute approximate surface area is 192 Å². The first-order valence-electron chi connectivity index (χ1n) is 12.8. The van der Waals surface area contributed by atoms with E-state index in [0.717, 1.165) is 13.0 Å². The van der Waals surface area contributed by atoms with Crippen molar-refractivity contribution in [3.63, 3.8) is 0 Å². The molecule has 0 spiro atoms. The van der Waals surface area contributed by atoms with Crippen molar-refractivity contribution in [1.29, 1.82) is 0 Å². The van der Waals surface area contributed by atoms with Crippen LogP contribution in [0.2, 0.25) is 0 Å². The fourth-order valence-electron chi connectivity index (χ4n) is 3.61. The highest BCUT2D eigenvalue weighted by Crippen LogP contribution is 2.37. The molecule has 7 heteroatoms. The van der Waals surface area contributed by atoms with Crippen LogP contribution in [0.15, 0.2) is 0 Å². The van der Waals surface area contributed by atoms with E-state index in [-0.39, 0.29) is 12.7 Å². The molecule has 188 valence electrons. The Morgan fingerprint density at radius 3 is 1.48 bits per heavy atom. The maximum atomic E-state index is 10.7. The Bertz CT molecular complexity index is 415. The van der Waals surface area contributed by atoms with Crippen molar-refractivity contribution in [2.75, 3.05) is 19.8 Å². The third-order valence-electron chi connectivity index (χ3n) is 5.43. The van der Waals surface area contributed by atoms with E-state index in [0.29, 0.717) is 6.61 Å². The van der Waals surface area contributed by atoms with E-state index >= 15 is 0 Å². The van der Waals surface area contributed by atoms with Gasteiger partial charge >= 0.3 is 7.82 Å². The Hall–Kier alpha value is 0.0300. The van der Waals surface area contributed by atoms with Gasteiger partial charge in [-0.05, 0) is 20.3 Å². The number of phosphoric acid groups is 1. The molecule has 0 amide bonds. The third-order valence-corrected chi connectivity index (χ3v) is 6.06. The Morgan fingerprint density at radius 1 is 0.645 bits per heavy atom. The monoisotopic (exact) mass is 466 g/mol. The number of ether oxygens (including phenoxy) is 2. The van der Waals surface area contributed by atoms with E-state index in [1.807, 2.05) is 6.92 Å². The van der Waals surface area contributed by atoms with Gasteiger partial charge in [0.2, 0.25) is 0 Å². The lowest BCUT2D eigenvalue weighted by molar-refractivity contribution is -0.0362. The zero-order chi connectivity index (χ0) is 23.2. The summed E-state index contributed by atoms with van der Waals surface area (Å²) in [6.45, 7) is 7.09. The first kappa shape index (κ1) is 31.0. The second-order valence-electron chi connectivity index (χ2n) is 8.93. The summed E-state index contributed by atoms with van der Waals surface area (Å²) in [5.41, 5.74) is 0. The molecule has 0 saturated carbocycles. The molecule has 0 aromatic carbocycles. The van der Waals surface area contributed by atoms with Gasteiger partial charge in [-0.15, -0.1) is 0 Å². The zero-order valence-corrected chi connectivity index (χ0v) is 21.5. The van der Waals surface area contributed by atoms with Crippen molar-refractivity contribution >= 4 is 7.82 Å². The van der Waals surface area contributed by atoms with E-state index in [1.165, 1.54) is 96.3 Å². The standard InChI is InChI=1S/C24H51O6P/c1-4-5-6-7-8-9-10-11-12-13-14-15-16-17-18-19-20-28-21-23(2)29-22-24(3)30-31(25,26)27/h23-24H,4-22H2,1-3H3,(H2,25,26,27). The number of hydrogen-bond donors (Lipinski definition) is 2. The van der Waals surface area contributed by atoms with Gasteiger partial charge in [-0.2, -0.15) is 0 Å². The normalized spacial score (nSPS) is 14.1. The quantitative estimate of drug-likeness (QED) is 0.116. The van der Waals surface area contributed by atoms with Crippen molar-refractivity contribution in [2.45, 2.75) is 136 Å². The Balaban J connectivity index is 3.23. The fourth-order valence-corrected chi connectivity index (χ4v) is 4.14. The summed E-state index contributed by atoms with van der Waals surface area (Å²) in [7, 11) is -4.45. The molecule has 0 saturated heterocycles. The first-order chi connectivity index (χ1) is 14.8. The molecule has 0 bridgehead atoms. The minimum atomic E-state index is -4.45. The van der Waals surface area contributed by atoms with E-state index in [1.54, 1.807) is 6.92 Å². The van der Waals surface area contributed by atoms with Crippen molar-refractivity contribution in [2.24, 2.45) is 0 Å². The van der Waals surface area contributed by atoms with Gasteiger partial charge in [0.15, 0.2) is 0 Å². The second-order valence-corrected chi connectivity index (χ2v) is 10.1. The summed E-state index contributed by atoms with van der Waals surface area (Å²) in [6.07, 6.45) is 21.0. The van der Waals surface area contributed by atoms with E-state index in [4.69, 9.17) is 19.3 Å². The van der Waals surface area contributed by atoms with Crippen molar-refractivity contribution in [1.82, 2.24) is 0 Å². The number of phosphoric ester groups is 1. The molecule has 0 aromatic heterocycles. The van der Waals surface area contributed by atoms with Gasteiger partial charge in [0.05, 0.1) is 25.4 Å². The maximum absolute atomic E-state index is 10.7. The Morgan fingerprint density at radius 2 is 1.06 bits per heavy atom. The van der Waals surface area contributed by atoms with Gasteiger partial charge < -0.3 is 19.3 Å². The van der Waals surface area contributed by atoms with Gasteiger partial charge in [0.25, 0.3) is 0 Å². The second kappa shape index (κ2) is 21.9. The highest BCUT2D eigenvalue weighted by atomic mass is 31.2. The lowest BCUT2D eigenvalue weighted by atomic mass is 10.0. The fraction of sp³-hybridized carbons (Fsp3) is 1.00. The van der Waals surface area contributed by atoms with Gasteiger partial charge in [0.1, 0.15) is 0 Å². The van der Waals surface area contributed by atoms with E-state index < -0.39 is 13.9 Å². The minimum Gasteiger partial charge on any atom is -0.379 e. The molecule has 0 aliphatic rings. The maximum Gasteiger partial charge on any atom is 0.469 e. The average Bonchev–Trinajstić information content (AvgIpc) is 2.70. The minimum absolute atomic E-state index is 0.121. The predicted octanol–water partition coefficient (Wildman–Crippen LogP) is 7.17. The van der Waals surface area contributed by atoms with Crippen LogP contribution in [0, 0.1) is 0 Å². The summed E-state index contributed by atoms with van der Waals surface area (Å²) >= 11 is 0. The molecule has 6 nitrogen and oxygen atoms in total. The molecule has 0 aliphatic carbocycles. The van der Waals surface area contributed by atoms with Gasteiger partial charge in [-0.25, -0.2) is 4.57 Å². The molecule has 0 radical (unpaired) electrons. The van der Waals surface area contributed by atoms with Crippen LogP contribution in [0.5, 0.6) is 0 Å². The van der Waals surface area contributed by atoms with Crippen LogP contribution in [-0.2, 0) is 18.6 Å². The van der Waals surface area contributed by atoms with Crippen LogP contribution in [0.3, 0.4) is 0 Å². The largest absolute Gasteiger partial charge is 0.469 e. The van der Waals surface area contributed by atoms with Gasteiger partial charge in [0, 0.05) is 6.61 Å². The lowest BCUT2D eigenvalue weighted by Gasteiger charge is -2.18. The van der Waals surface area contributed by atoms with Crippen LogP contribution < -0.4 is 0 Å². The predicted molar refractivity (Wildman–Crippen MR) is 128 cm³/mol. The van der Waals surface area contributed by atoms with Crippen LogP contribution in [-0.4, -0.2) is 41.8 Å². The average molecular weight is 467 g/mol. The van der Waals surface area contributed by atoms with E-state index in [2.05, 4.69) is 11.4 Å². The SMILES string of the molecule is CCCCCCCCCCCCCCCCCCOCC(C)OCC(C)OP(=O)(O)O. The highest BCUT2D eigenvalue weighted by Gasteiger charge is 2.19. The molecule has 0 rings (SSSR count). The number of hydrogen-bond acceptors (Lipinski definition) is 4. The zero-order valence-electron chi connectivity index (χ0n) is 20.6. The molecule has 2 N–H and O–H groups in total. The third kappa shape index (κ3) is 26.2. The molecular formula is C24H51O6P. The smallest absolute Gasteiger partial charge is 0.379 e. The van der Waals surface area contributed by atoms with Crippen LogP contribution >= 0.6 is 7.82 Å².